The SMILES string of the molecule is Cc1nc(CN2CCN(C(=O)c3nn(C)c(=O)[nH]3)CC2)cs1.O=CO. The Bertz CT molecular complexity index is 774. The highest BCUT2D eigenvalue weighted by Gasteiger charge is 2.24. The molecule has 3 rings (SSSR count). The van der Waals surface area contributed by atoms with Gasteiger partial charge in [0.05, 0.1) is 10.7 Å². The summed E-state index contributed by atoms with van der Waals surface area (Å²) < 4.78 is 1.13. The zero-order valence-corrected chi connectivity index (χ0v) is 14.8. The minimum absolute atomic E-state index is 0.107. The van der Waals surface area contributed by atoms with Crippen LogP contribution in [0.15, 0.2) is 10.2 Å². The van der Waals surface area contributed by atoms with Gasteiger partial charge >= 0.3 is 5.69 Å². The number of aromatic nitrogens is 4. The second-order valence-corrected chi connectivity index (χ2v) is 6.50. The lowest BCUT2D eigenvalue weighted by Gasteiger charge is -2.33. The van der Waals surface area contributed by atoms with Crippen LogP contribution in [-0.4, -0.2) is 73.2 Å². The van der Waals surface area contributed by atoms with Crippen LogP contribution in [0, 0.1) is 6.92 Å². The summed E-state index contributed by atoms with van der Waals surface area (Å²) in [7, 11) is 1.52. The van der Waals surface area contributed by atoms with Gasteiger partial charge < -0.3 is 10.0 Å². The molecule has 0 unspecified atom stereocenters. The van der Waals surface area contributed by atoms with Crippen molar-refractivity contribution in [3.05, 3.63) is 32.4 Å². The number of aryl methyl sites for hydroxylation is 2. The van der Waals surface area contributed by atoms with Gasteiger partial charge in [0, 0.05) is 45.2 Å². The number of nitrogens with one attached hydrogen (secondary N) is 1. The molecule has 1 saturated heterocycles. The lowest BCUT2D eigenvalue weighted by atomic mass is 10.3. The second kappa shape index (κ2) is 8.53. The van der Waals surface area contributed by atoms with Crippen LogP contribution < -0.4 is 5.69 Å². The van der Waals surface area contributed by atoms with Gasteiger partial charge in [-0.3, -0.25) is 19.5 Å². The van der Waals surface area contributed by atoms with Crippen LogP contribution >= 0.6 is 11.3 Å². The molecule has 0 saturated carbocycles. The third-order valence-corrected chi connectivity index (χ3v) is 4.51. The molecule has 3 heterocycles. The van der Waals surface area contributed by atoms with Crippen LogP contribution in [0.4, 0.5) is 0 Å². The fourth-order valence-corrected chi connectivity index (χ4v) is 3.07. The van der Waals surface area contributed by atoms with Gasteiger partial charge in [0.15, 0.2) is 0 Å². The summed E-state index contributed by atoms with van der Waals surface area (Å²) in [6.45, 7) is 5.39. The summed E-state index contributed by atoms with van der Waals surface area (Å²) in [6, 6.07) is 0. The Balaban J connectivity index is 0.000000701. The van der Waals surface area contributed by atoms with E-state index in [1.54, 1.807) is 16.2 Å². The van der Waals surface area contributed by atoms with Gasteiger partial charge in [-0.15, -0.1) is 16.4 Å². The number of thiazole rings is 1. The maximum absolute atomic E-state index is 12.3. The molecule has 1 amide bonds. The summed E-state index contributed by atoms with van der Waals surface area (Å²) in [5, 5.41) is 13.9. The Morgan fingerprint density at radius 1 is 1.40 bits per heavy atom. The molecular formula is C14H20N6O4S. The maximum atomic E-state index is 12.3. The van der Waals surface area contributed by atoms with Crippen LogP contribution in [0.5, 0.6) is 0 Å². The predicted molar refractivity (Wildman–Crippen MR) is 90.6 cm³/mol. The highest BCUT2D eigenvalue weighted by molar-refractivity contribution is 7.09. The van der Waals surface area contributed by atoms with Gasteiger partial charge in [0.25, 0.3) is 12.4 Å². The third-order valence-electron chi connectivity index (χ3n) is 3.68. The molecule has 0 aliphatic carbocycles. The number of hydrogen-bond donors (Lipinski definition) is 2. The van der Waals surface area contributed by atoms with Gasteiger partial charge in [-0.2, -0.15) is 0 Å². The number of aromatic amines is 1. The van der Waals surface area contributed by atoms with E-state index in [1.807, 2.05) is 6.92 Å². The van der Waals surface area contributed by atoms with E-state index in [-0.39, 0.29) is 23.9 Å². The second-order valence-electron chi connectivity index (χ2n) is 5.43. The lowest BCUT2D eigenvalue weighted by Crippen LogP contribution is -2.48. The summed E-state index contributed by atoms with van der Waals surface area (Å²) in [5.41, 5.74) is 0.706. The molecule has 136 valence electrons. The summed E-state index contributed by atoms with van der Waals surface area (Å²) >= 11 is 1.65. The minimum Gasteiger partial charge on any atom is -0.483 e. The lowest BCUT2D eigenvalue weighted by molar-refractivity contribution is -0.122. The highest BCUT2D eigenvalue weighted by atomic mass is 32.1. The van der Waals surface area contributed by atoms with E-state index in [0.717, 1.165) is 35.0 Å². The molecule has 0 bridgehead atoms. The van der Waals surface area contributed by atoms with Gasteiger partial charge in [-0.05, 0) is 6.92 Å². The van der Waals surface area contributed by atoms with Crippen LogP contribution in [0.2, 0.25) is 0 Å². The molecule has 2 aromatic heterocycles. The molecule has 0 spiro atoms. The highest BCUT2D eigenvalue weighted by Crippen LogP contribution is 2.12. The van der Waals surface area contributed by atoms with E-state index < -0.39 is 0 Å². The average molecular weight is 368 g/mol. The molecule has 0 aromatic carbocycles. The van der Waals surface area contributed by atoms with Crippen LogP contribution in [0.1, 0.15) is 21.3 Å². The summed E-state index contributed by atoms with van der Waals surface area (Å²) in [6.07, 6.45) is 0. The molecular weight excluding hydrogens is 348 g/mol. The number of nitrogens with zero attached hydrogens (tertiary/aromatic N) is 5. The predicted octanol–water partition coefficient (Wildman–Crippen LogP) is -0.468. The van der Waals surface area contributed by atoms with Crippen molar-refractivity contribution >= 4 is 23.7 Å². The minimum atomic E-state index is -0.374. The van der Waals surface area contributed by atoms with Crippen molar-refractivity contribution in [2.45, 2.75) is 13.5 Å². The molecule has 0 atom stereocenters. The molecule has 1 aliphatic rings. The van der Waals surface area contributed by atoms with E-state index in [1.165, 1.54) is 7.05 Å². The number of rotatable bonds is 3. The molecule has 10 nitrogen and oxygen atoms in total. The van der Waals surface area contributed by atoms with E-state index in [9.17, 15) is 9.59 Å². The van der Waals surface area contributed by atoms with Gasteiger partial charge in [0.1, 0.15) is 0 Å². The molecule has 2 aromatic rings. The van der Waals surface area contributed by atoms with Crippen molar-refractivity contribution in [2.75, 3.05) is 26.2 Å². The largest absolute Gasteiger partial charge is 0.483 e. The topological polar surface area (TPSA) is 124 Å². The first-order valence-corrected chi connectivity index (χ1v) is 8.46. The number of carboxylic acid groups (broad SMARTS) is 1. The standard InChI is InChI=1S/C13H18N6O2S.CH2O2/c1-9-14-10(8-22-9)7-18-3-5-19(6-4-18)12(20)11-15-13(21)17(2)16-11;2-1-3/h8H,3-7H2,1-2H3,(H,15,16,21);1H,(H,2,3). The Hall–Kier alpha value is -2.53. The molecule has 0 radical (unpaired) electrons. The van der Waals surface area contributed by atoms with E-state index in [2.05, 4.69) is 25.3 Å². The van der Waals surface area contributed by atoms with E-state index >= 15 is 0 Å². The number of H-pyrrole nitrogens is 1. The van der Waals surface area contributed by atoms with E-state index in [4.69, 9.17) is 9.90 Å². The molecule has 1 fully saturated rings. The quantitative estimate of drug-likeness (QED) is 0.702. The number of carbonyl (C=O) groups excluding carboxylic acids is 1. The van der Waals surface area contributed by atoms with Crippen molar-refractivity contribution in [3.8, 4) is 0 Å². The van der Waals surface area contributed by atoms with Gasteiger partial charge in [-0.25, -0.2) is 14.5 Å². The maximum Gasteiger partial charge on any atom is 0.343 e. The zero-order valence-electron chi connectivity index (χ0n) is 14.0. The molecule has 2 N–H and O–H groups in total. The smallest absolute Gasteiger partial charge is 0.343 e. The monoisotopic (exact) mass is 368 g/mol. The van der Waals surface area contributed by atoms with Gasteiger partial charge in [0.2, 0.25) is 5.82 Å². The Kier molecular flexibility index (Phi) is 6.42. The van der Waals surface area contributed by atoms with Crippen molar-refractivity contribution in [3.63, 3.8) is 0 Å². The van der Waals surface area contributed by atoms with Crippen LogP contribution in [0.25, 0.3) is 0 Å². The first-order chi connectivity index (χ1) is 11.9. The number of amides is 1. The van der Waals surface area contributed by atoms with Crippen molar-refractivity contribution < 1.29 is 14.7 Å². The fraction of sp³-hybridized carbons (Fsp3) is 0.500. The number of piperazine rings is 1. The molecule has 25 heavy (non-hydrogen) atoms. The Morgan fingerprint density at radius 3 is 2.52 bits per heavy atom. The molecule has 1 aliphatic heterocycles. The third kappa shape index (κ3) is 4.97. The van der Waals surface area contributed by atoms with Crippen LogP contribution in [0.3, 0.4) is 0 Å². The van der Waals surface area contributed by atoms with Crippen molar-refractivity contribution in [1.29, 1.82) is 0 Å². The summed E-state index contributed by atoms with van der Waals surface area (Å²) in [5.74, 6) is -0.113. The van der Waals surface area contributed by atoms with Crippen molar-refractivity contribution in [1.82, 2.24) is 29.5 Å². The number of carbonyl (C=O) groups is 2. The van der Waals surface area contributed by atoms with Crippen LogP contribution in [-0.2, 0) is 18.4 Å². The zero-order chi connectivity index (χ0) is 18.4. The van der Waals surface area contributed by atoms with Crippen molar-refractivity contribution in [2.24, 2.45) is 7.05 Å². The van der Waals surface area contributed by atoms with E-state index in [0.29, 0.717) is 13.1 Å². The average Bonchev–Trinajstić information content (AvgIpc) is 3.14. The first kappa shape index (κ1) is 18.8. The molecule has 11 heteroatoms. The fourth-order valence-electron chi connectivity index (χ4n) is 2.47. The normalized spacial score (nSPS) is 14.7. The summed E-state index contributed by atoms with van der Waals surface area (Å²) in [4.78, 5) is 42.9. The number of hydrogen-bond acceptors (Lipinski definition) is 7. The Morgan fingerprint density at radius 2 is 2.04 bits per heavy atom. The van der Waals surface area contributed by atoms with Gasteiger partial charge in [-0.1, -0.05) is 0 Å². The Labute approximate surface area is 147 Å². The first-order valence-electron chi connectivity index (χ1n) is 7.58.